The molecule has 2 fully saturated rings. The van der Waals surface area contributed by atoms with Crippen LogP contribution in [0.1, 0.15) is 75.5 Å². The Kier molecular flexibility index (Phi) is 12.5. The summed E-state index contributed by atoms with van der Waals surface area (Å²) in [4.78, 5) is 58.5. The normalized spacial score (nSPS) is 16.7. The summed E-state index contributed by atoms with van der Waals surface area (Å²) < 4.78 is 26.7. The second-order valence-electron chi connectivity index (χ2n) is 14.5. The Hall–Kier alpha value is -4.36. The fraction of sp³-hybridized carbons (Fsp3) is 0.553. The summed E-state index contributed by atoms with van der Waals surface area (Å²) in [6.45, 7) is 13.9. The topological polar surface area (TPSA) is 128 Å². The van der Waals surface area contributed by atoms with Crippen molar-refractivity contribution >= 4 is 28.7 Å². The summed E-state index contributed by atoms with van der Waals surface area (Å²) >= 11 is 0. The second kappa shape index (κ2) is 16.8. The molecule has 1 N–H and O–H groups in total. The highest BCUT2D eigenvalue weighted by atomic mass is 19.1. The molecule has 1 atom stereocenters. The molecule has 13 heteroatoms. The van der Waals surface area contributed by atoms with E-state index >= 15 is 0 Å². The van der Waals surface area contributed by atoms with E-state index in [1.54, 1.807) is 39.0 Å². The molecule has 3 aromatic rings. The number of rotatable bonds is 11. The van der Waals surface area contributed by atoms with E-state index in [9.17, 15) is 23.6 Å². The molecule has 0 spiro atoms. The molecule has 1 aromatic heterocycles. The van der Waals surface area contributed by atoms with Crippen LogP contribution in [0, 0.1) is 5.82 Å². The summed E-state index contributed by atoms with van der Waals surface area (Å²) in [6.07, 6.45) is 2.45. The number of nitrogens with one attached hydrogen (secondary N) is 1. The molecule has 2 saturated heterocycles. The van der Waals surface area contributed by atoms with Crippen LogP contribution < -0.4 is 5.56 Å². The first-order valence-electron chi connectivity index (χ1n) is 18.0. The molecule has 3 heterocycles. The van der Waals surface area contributed by atoms with E-state index in [1.165, 1.54) is 6.07 Å². The number of ether oxygens (including phenoxy) is 2. The first-order valence-corrected chi connectivity index (χ1v) is 18.0. The van der Waals surface area contributed by atoms with Crippen molar-refractivity contribution in [1.82, 2.24) is 29.8 Å². The van der Waals surface area contributed by atoms with Gasteiger partial charge in [-0.2, -0.15) is 5.10 Å². The molecular weight excluding hydrogens is 655 g/mol. The number of aromatic amines is 1. The van der Waals surface area contributed by atoms with E-state index in [1.807, 2.05) is 46.8 Å². The van der Waals surface area contributed by atoms with Crippen molar-refractivity contribution in [2.45, 2.75) is 78.1 Å². The Bertz CT molecular complexity index is 1740. The van der Waals surface area contributed by atoms with Gasteiger partial charge in [-0.05, 0) is 77.6 Å². The number of amides is 3. The summed E-state index contributed by atoms with van der Waals surface area (Å²) in [5.74, 6) is -0.998. The van der Waals surface area contributed by atoms with Crippen LogP contribution in [-0.2, 0) is 20.7 Å². The Balaban J connectivity index is 1.05. The number of nitrogens with zero attached hydrogens (tertiary/aromatic N) is 5. The van der Waals surface area contributed by atoms with Crippen LogP contribution in [0.2, 0.25) is 0 Å². The third-order valence-corrected chi connectivity index (χ3v) is 9.48. The summed E-state index contributed by atoms with van der Waals surface area (Å²) in [6, 6.07) is 11.6. The van der Waals surface area contributed by atoms with Crippen LogP contribution in [-0.4, -0.2) is 124 Å². The van der Waals surface area contributed by atoms with Gasteiger partial charge < -0.3 is 24.2 Å². The molecule has 2 aliphatic rings. The van der Waals surface area contributed by atoms with Crippen LogP contribution in [0.5, 0.6) is 0 Å². The molecule has 5 rings (SSSR count). The average molecular weight is 707 g/mol. The minimum Gasteiger partial charge on any atom is -0.444 e. The Labute approximate surface area is 298 Å². The van der Waals surface area contributed by atoms with Crippen LogP contribution in [0.15, 0.2) is 47.3 Å². The van der Waals surface area contributed by atoms with Gasteiger partial charge >= 0.3 is 6.09 Å². The van der Waals surface area contributed by atoms with E-state index in [0.29, 0.717) is 80.7 Å². The third-order valence-electron chi connectivity index (χ3n) is 9.48. The van der Waals surface area contributed by atoms with Gasteiger partial charge in [-0.1, -0.05) is 24.3 Å². The standard InChI is InChI=1S/C38H51FN6O6/c1-6-43(37(49)51-38(3,4)5)18-13-26(2)50-28-14-16-42(17-15-28)25-34(46)44-19-21-45(22-20-44)36(48)31-23-27(11-12-32(31)39)24-33-29-9-7-8-10-30(29)35(47)41-40-33/h7-12,23,26,28H,6,13-22,24-25H2,1-5H3,(H,41,47). The maximum Gasteiger partial charge on any atom is 0.410 e. The van der Waals surface area contributed by atoms with Crippen molar-refractivity contribution in [3.8, 4) is 0 Å². The summed E-state index contributed by atoms with van der Waals surface area (Å²) in [5, 5.41) is 7.95. The van der Waals surface area contributed by atoms with Gasteiger partial charge in [-0.25, -0.2) is 14.3 Å². The third kappa shape index (κ3) is 10.1. The molecule has 3 amide bonds. The molecule has 2 aliphatic heterocycles. The van der Waals surface area contributed by atoms with Gasteiger partial charge in [-0.15, -0.1) is 0 Å². The molecule has 2 aromatic carbocycles. The summed E-state index contributed by atoms with van der Waals surface area (Å²) in [5.41, 5.74) is 0.489. The predicted molar refractivity (Wildman–Crippen MR) is 192 cm³/mol. The molecule has 0 radical (unpaired) electrons. The lowest BCUT2D eigenvalue weighted by Gasteiger charge is -2.37. The van der Waals surface area contributed by atoms with Crippen LogP contribution >= 0.6 is 0 Å². The average Bonchev–Trinajstić information content (AvgIpc) is 3.10. The largest absolute Gasteiger partial charge is 0.444 e. The SMILES string of the molecule is CCN(CCC(C)OC1CCN(CC(=O)N2CCN(C(=O)c3cc(Cc4n[nH]c(=O)c5ccccc45)ccc3F)CC2)CC1)C(=O)OC(C)(C)C. The fourth-order valence-electron chi connectivity index (χ4n) is 6.61. The monoisotopic (exact) mass is 706 g/mol. The Morgan fingerprint density at radius 3 is 2.33 bits per heavy atom. The molecule has 0 aliphatic carbocycles. The molecule has 0 saturated carbocycles. The highest BCUT2D eigenvalue weighted by Gasteiger charge is 2.29. The van der Waals surface area contributed by atoms with Gasteiger partial charge in [0.2, 0.25) is 5.91 Å². The number of carbonyl (C=O) groups excluding carboxylic acids is 3. The Morgan fingerprint density at radius 2 is 1.67 bits per heavy atom. The van der Waals surface area contributed by atoms with Crippen LogP contribution in [0.4, 0.5) is 9.18 Å². The van der Waals surface area contributed by atoms with Crippen LogP contribution in [0.25, 0.3) is 10.8 Å². The smallest absolute Gasteiger partial charge is 0.410 e. The number of piperazine rings is 1. The summed E-state index contributed by atoms with van der Waals surface area (Å²) in [7, 11) is 0. The van der Waals surface area contributed by atoms with E-state index in [4.69, 9.17) is 9.47 Å². The number of fused-ring (bicyclic) bond motifs is 1. The quantitative estimate of drug-likeness (QED) is 0.310. The van der Waals surface area contributed by atoms with Gasteiger partial charge in [0.1, 0.15) is 11.4 Å². The number of hydrogen-bond donors (Lipinski definition) is 1. The number of hydrogen-bond acceptors (Lipinski definition) is 8. The number of H-pyrrole nitrogens is 1. The lowest BCUT2D eigenvalue weighted by molar-refractivity contribution is -0.134. The number of likely N-dealkylation sites (tertiary alicyclic amines) is 1. The molecule has 276 valence electrons. The lowest BCUT2D eigenvalue weighted by Crippen LogP contribution is -2.53. The first-order chi connectivity index (χ1) is 24.3. The van der Waals surface area contributed by atoms with Crippen molar-refractivity contribution < 1.29 is 28.2 Å². The number of piperidine rings is 1. The van der Waals surface area contributed by atoms with Crippen molar-refractivity contribution in [2.24, 2.45) is 0 Å². The number of aromatic nitrogens is 2. The van der Waals surface area contributed by atoms with Gasteiger partial charge in [-0.3, -0.25) is 19.3 Å². The Morgan fingerprint density at radius 1 is 1.00 bits per heavy atom. The predicted octanol–water partition coefficient (Wildman–Crippen LogP) is 4.45. The molecule has 12 nitrogen and oxygen atoms in total. The molecule has 51 heavy (non-hydrogen) atoms. The van der Waals surface area contributed by atoms with Gasteiger partial charge in [0.15, 0.2) is 0 Å². The molecule has 0 bridgehead atoms. The van der Waals surface area contributed by atoms with Crippen LogP contribution in [0.3, 0.4) is 0 Å². The van der Waals surface area contributed by atoms with E-state index < -0.39 is 17.3 Å². The van der Waals surface area contributed by atoms with Gasteiger partial charge in [0.05, 0.1) is 35.4 Å². The molecular formula is C38H51FN6O6. The zero-order valence-corrected chi connectivity index (χ0v) is 30.5. The first kappa shape index (κ1) is 37.9. The molecule has 1 unspecified atom stereocenters. The van der Waals surface area contributed by atoms with Crippen molar-refractivity contribution in [3.05, 3.63) is 75.5 Å². The number of carbonyl (C=O) groups is 3. The van der Waals surface area contributed by atoms with E-state index in [0.717, 1.165) is 25.9 Å². The zero-order valence-electron chi connectivity index (χ0n) is 30.5. The van der Waals surface area contributed by atoms with E-state index in [-0.39, 0.29) is 35.3 Å². The number of benzene rings is 2. The maximum atomic E-state index is 14.9. The van der Waals surface area contributed by atoms with Gasteiger partial charge in [0, 0.05) is 64.2 Å². The second-order valence-corrected chi connectivity index (χ2v) is 14.5. The minimum absolute atomic E-state index is 0.0114. The van der Waals surface area contributed by atoms with Crippen molar-refractivity contribution in [2.75, 3.05) is 58.9 Å². The fourth-order valence-corrected chi connectivity index (χ4v) is 6.61. The number of halogens is 1. The zero-order chi connectivity index (χ0) is 36.7. The van der Waals surface area contributed by atoms with Crippen molar-refractivity contribution in [1.29, 1.82) is 0 Å². The van der Waals surface area contributed by atoms with E-state index in [2.05, 4.69) is 15.1 Å². The minimum atomic E-state index is -0.605. The highest BCUT2D eigenvalue weighted by molar-refractivity contribution is 5.95. The lowest BCUT2D eigenvalue weighted by atomic mass is 10.0. The highest BCUT2D eigenvalue weighted by Crippen LogP contribution is 2.21. The maximum absolute atomic E-state index is 14.9. The van der Waals surface area contributed by atoms with Crippen molar-refractivity contribution in [3.63, 3.8) is 0 Å². The van der Waals surface area contributed by atoms with Gasteiger partial charge in [0.25, 0.3) is 11.5 Å².